The molecule has 0 saturated heterocycles. The minimum Gasteiger partial charge on any atom is -0.484 e. The van der Waals surface area contributed by atoms with E-state index < -0.39 is 5.97 Å². The van der Waals surface area contributed by atoms with E-state index in [0.29, 0.717) is 13.0 Å². The van der Waals surface area contributed by atoms with E-state index in [1.165, 1.54) is 7.11 Å². The summed E-state index contributed by atoms with van der Waals surface area (Å²) >= 11 is 0. The van der Waals surface area contributed by atoms with Crippen LogP contribution in [0.1, 0.15) is 30.0 Å². The molecule has 0 aliphatic rings. The van der Waals surface area contributed by atoms with Gasteiger partial charge in [0.05, 0.1) is 0 Å². The number of nitrogens with one attached hydrogen (secondary N) is 1. The van der Waals surface area contributed by atoms with Crippen molar-refractivity contribution < 1.29 is 19.5 Å². The number of hydrogen-bond donors (Lipinski definition) is 2. The summed E-state index contributed by atoms with van der Waals surface area (Å²) in [5.74, 6) is -0.0277. The smallest absolute Gasteiger partial charge is 0.303 e. The lowest BCUT2D eigenvalue weighted by Crippen LogP contribution is -2.25. The number of anilines is 1. The van der Waals surface area contributed by atoms with Crippen LogP contribution in [0, 0.1) is 0 Å². The molecule has 3 rings (SSSR count). The number of oxime groups is 1. The molecule has 6 heteroatoms. The average Bonchev–Trinajstić information content (AvgIpc) is 2.82. The van der Waals surface area contributed by atoms with Gasteiger partial charge < -0.3 is 20.0 Å². The van der Waals surface area contributed by atoms with Gasteiger partial charge in [-0.15, -0.1) is 0 Å². The van der Waals surface area contributed by atoms with E-state index >= 15 is 0 Å². The summed E-state index contributed by atoms with van der Waals surface area (Å²) in [4.78, 5) is 15.7. The second-order valence-electron chi connectivity index (χ2n) is 7.37. The summed E-state index contributed by atoms with van der Waals surface area (Å²) in [6.07, 6.45) is 0.404. The highest BCUT2D eigenvalue weighted by molar-refractivity contribution is 6.03. The van der Waals surface area contributed by atoms with Crippen molar-refractivity contribution in [3.8, 4) is 5.75 Å². The highest BCUT2D eigenvalue weighted by Crippen LogP contribution is 2.18. The Kier molecular flexibility index (Phi) is 8.26. The fraction of sp³-hybridized carbons (Fsp3) is 0.231. The quantitative estimate of drug-likeness (QED) is 0.324. The SMILES string of the molecule is CO/N=C(/c1ccccc1)C(C)Oc1ccc(CNc2ccc(CCC(=O)O)cc2)cc1. The van der Waals surface area contributed by atoms with Crippen molar-refractivity contribution in [2.75, 3.05) is 12.4 Å². The molecule has 0 heterocycles. The van der Waals surface area contributed by atoms with Gasteiger partial charge in [-0.2, -0.15) is 0 Å². The fourth-order valence-electron chi connectivity index (χ4n) is 3.26. The van der Waals surface area contributed by atoms with Gasteiger partial charge >= 0.3 is 5.97 Å². The van der Waals surface area contributed by atoms with Crippen LogP contribution in [0.2, 0.25) is 0 Å². The van der Waals surface area contributed by atoms with Crippen molar-refractivity contribution in [1.29, 1.82) is 0 Å². The number of carboxylic acid groups (broad SMARTS) is 1. The summed E-state index contributed by atoms with van der Waals surface area (Å²) in [6, 6.07) is 25.6. The largest absolute Gasteiger partial charge is 0.484 e. The van der Waals surface area contributed by atoms with Crippen molar-refractivity contribution in [2.24, 2.45) is 5.16 Å². The zero-order valence-corrected chi connectivity index (χ0v) is 18.3. The molecule has 2 N–H and O–H groups in total. The molecule has 0 fully saturated rings. The van der Waals surface area contributed by atoms with E-state index in [-0.39, 0.29) is 12.5 Å². The minimum atomic E-state index is -0.781. The van der Waals surface area contributed by atoms with Crippen molar-refractivity contribution in [1.82, 2.24) is 0 Å². The molecule has 0 aliphatic carbocycles. The average molecular weight is 433 g/mol. The number of aliphatic carboxylic acids is 1. The summed E-state index contributed by atoms with van der Waals surface area (Å²) in [6.45, 7) is 2.62. The highest BCUT2D eigenvalue weighted by atomic mass is 16.6. The molecule has 166 valence electrons. The molecule has 3 aromatic rings. The highest BCUT2D eigenvalue weighted by Gasteiger charge is 2.16. The lowest BCUT2D eigenvalue weighted by Gasteiger charge is -2.17. The molecule has 0 amide bonds. The van der Waals surface area contributed by atoms with Crippen molar-refractivity contribution in [3.05, 3.63) is 95.6 Å². The third kappa shape index (κ3) is 6.87. The first-order valence-corrected chi connectivity index (χ1v) is 10.5. The van der Waals surface area contributed by atoms with Gasteiger partial charge in [0.25, 0.3) is 0 Å². The first-order chi connectivity index (χ1) is 15.5. The Hall–Kier alpha value is -3.80. The van der Waals surface area contributed by atoms with Crippen molar-refractivity contribution in [3.63, 3.8) is 0 Å². The van der Waals surface area contributed by atoms with Crippen LogP contribution in [-0.4, -0.2) is 30.0 Å². The predicted octanol–water partition coefficient (Wildman–Crippen LogP) is 5.13. The molecule has 0 radical (unpaired) electrons. The van der Waals surface area contributed by atoms with Gasteiger partial charge in [0.15, 0.2) is 0 Å². The van der Waals surface area contributed by atoms with Crippen LogP contribution >= 0.6 is 0 Å². The first kappa shape index (κ1) is 22.9. The number of aryl methyl sites for hydroxylation is 1. The lowest BCUT2D eigenvalue weighted by molar-refractivity contribution is -0.136. The molecule has 32 heavy (non-hydrogen) atoms. The maximum Gasteiger partial charge on any atom is 0.303 e. The van der Waals surface area contributed by atoms with Crippen LogP contribution in [-0.2, 0) is 22.6 Å². The Morgan fingerprint density at radius 3 is 2.25 bits per heavy atom. The molecule has 1 atom stereocenters. The maximum atomic E-state index is 10.7. The van der Waals surface area contributed by atoms with Crippen molar-refractivity contribution in [2.45, 2.75) is 32.4 Å². The molecular weight excluding hydrogens is 404 g/mol. The van der Waals surface area contributed by atoms with E-state index in [9.17, 15) is 4.79 Å². The van der Waals surface area contributed by atoms with E-state index in [1.807, 2.05) is 85.8 Å². The van der Waals surface area contributed by atoms with Gasteiger partial charge in [-0.3, -0.25) is 4.79 Å². The first-order valence-electron chi connectivity index (χ1n) is 10.5. The second-order valence-corrected chi connectivity index (χ2v) is 7.37. The molecule has 0 bridgehead atoms. The van der Waals surface area contributed by atoms with Crippen LogP contribution in [0.25, 0.3) is 0 Å². The van der Waals surface area contributed by atoms with E-state index in [1.54, 1.807) is 0 Å². The van der Waals surface area contributed by atoms with Gasteiger partial charge in [0.2, 0.25) is 0 Å². The van der Waals surface area contributed by atoms with Crippen LogP contribution < -0.4 is 10.1 Å². The Labute approximate surface area is 188 Å². The van der Waals surface area contributed by atoms with Gasteiger partial charge in [-0.1, -0.05) is 59.8 Å². The number of nitrogens with zero attached hydrogens (tertiary/aromatic N) is 1. The summed E-state index contributed by atoms with van der Waals surface area (Å²) in [5, 5.41) is 16.3. The number of carboxylic acids is 1. The molecule has 0 aromatic heterocycles. The van der Waals surface area contributed by atoms with Crippen LogP contribution in [0.4, 0.5) is 5.69 Å². The lowest BCUT2D eigenvalue weighted by atomic mass is 10.1. The predicted molar refractivity (Wildman–Crippen MR) is 126 cm³/mol. The second kappa shape index (κ2) is 11.6. The maximum absolute atomic E-state index is 10.7. The van der Waals surface area contributed by atoms with E-state index in [0.717, 1.165) is 33.8 Å². The monoisotopic (exact) mass is 432 g/mol. The Bertz CT molecular complexity index is 1020. The van der Waals surface area contributed by atoms with Gasteiger partial charge in [-0.05, 0) is 48.7 Å². The van der Waals surface area contributed by atoms with Gasteiger partial charge in [0.1, 0.15) is 24.7 Å². The van der Waals surface area contributed by atoms with Crippen LogP contribution in [0.5, 0.6) is 5.75 Å². The number of rotatable bonds is 11. The number of ether oxygens (including phenoxy) is 1. The van der Waals surface area contributed by atoms with Gasteiger partial charge in [0, 0.05) is 24.2 Å². The Balaban J connectivity index is 1.54. The summed E-state index contributed by atoms with van der Waals surface area (Å²) in [5.41, 5.74) is 4.80. The molecule has 0 saturated carbocycles. The molecule has 1 unspecified atom stereocenters. The molecule has 0 spiro atoms. The number of carbonyl (C=O) groups is 1. The Morgan fingerprint density at radius 2 is 1.62 bits per heavy atom. The normalized spacial score (nSPS) is 12.1. The molecule has 0 aliphatic heterocycles. The van der Waals surface area contributed by atoms with E-state index in [4.69, 9.17) is 14.7 Å². The third-order valence-electron chi connectivity index (χ3n) is 4.96. The number of benzene rings is 3. The van der Waals surface area contributed by atoms with Crippen LogP contribution in [0.3, 0.4) is 0 Å². The minimum absolute atomic E-state index is 0.143. The fourth-order valence-corrected chi connectivity index (χ4v) is 3.26. The molecule has 3 aromatic carbocycles. The van der Waals surface area contributed by atoms with Gasteiger partial charge in [-0.25, -0.2) is 0 Å². The van der Waals surface area contributed by atoms with E-state index in [2.05, 4.69) is 10.5 Å². The molecular formula is C26H28N2O4. The number of hydrogen-bond acceptors (Lipinski definition) is 5. The topological polar surface area (TPSA) is 80.2 Å². The standard InChI is InChI=1S/C26H28N2O4/c1-19(26(28-31-2)22-6-4-3-5-7-22)32-24-15-10-21(11-16-24)18-27-23-13-8-20(9-14-23)12-17-25(29)30/h3-11,13-16,19,27H,12,17-18H2,1-2H3,(H,29,30)/b28-26+. The zero-order valence-electron chi connectivity index (χ0n) is 18.3. The molecule has 6 nitrogen and oxygen atoms in total. The zero-order chi connectivity index (χ0) is 22.8. The Morgan fingerprint density at radius 1 is 0.969 bits per heavy atom. The third-order valence-corrected chi connectivity index (χ3v) is 4.96. The van der Waals surface area contributed by atoms with Crippen LogP contribution in [0.15, 0.2) is 84.0 Å². The van der Waals surface area contributed by atoms with Crippen molar-refractivity contribution >= 4 is 17.4 Å². The summed E-state index contributed by atoms with van der Waals surface area (Å²) < 4.78 is 6.08. The summed E-state index contributed by atoms with van der Waals surface area (Å²) in [7, 11) is 1.53.